The zero-order valence-electron chi connectivity index (χ0n) is 14.7. The summed E-state index contributed by atoms with van der Waals surface area (Å²) in [5.41, 5.74) is 1.52. The number of hydrogen-bond donors (Lipinski definition) is 0. The minimum atomic E-state index is -0.312. The highest BCUT2D eigenvalue weighted by molar-refractivity contribution is 6.35. The van der Waals surface area contributed by atoms with Crippen LogP contribution in [0.3, 0.4) is 0 Å². The highest BCUT2D eigenvalue weighted by atomic mass is 35.5. The van der Waals surface area contributed by atoms with Gasteiger partial charge in [-0.1, -0.05) is 41.4 Å². The SMILES string of the molecule is O=C(Cc1ccc(F)cc1)N1CCOC(COCc2c(Cl)cccc2Cl)C1. The maximum Gasteiger partial charge on any atom is 0.227 e. The third-order valence-electron chi connectivity index (χ3n) is 4.37. The Hall–Kier alpha value is -1.66. The van der Waals surface area contributed by atoms with Gasteiger partial charge in [0.2, 0.25) is 5.91 Å². The molecule has 1 fully saturated rings. The Morgan fingerprint density at radius 1 is 1.19 bits per heavy atom. The molecule has 1 atom stereocenters. The van der Waals surface area contributed by atoms with Gasteiger partial charge in [0, 0.05) is 28.7 Å². The summed E-state index contributed by atoms with van der Waals surface area (Å²) in [5.74, 6) is -0.322. The molecule has 1 unspecified atom stereocenters. The first-order valence-electron chi connectivity index (χ1n) is 8.67. The summed E-state index contributed by atoms with van der Waals surface area (Å²) in [6.07, 6.45) is 0.0282. The summed E-state index contributed by atoms with van der Waals surface area (Å²) in [7, 11) is 0. The minimum Gasteiger partial charge on any atom is -0.374 e. The molecule has 0 saturated carbocycles. The predicted octanol–water partition coefficient (Wildman–Crippen LogP) is 4.12. The first kappa shape index (κ1) is 20.1. The Labute approximate surface area is 167 Å². The molecule has 1 aliphatic rings. The number of morpholine rings is 1. The average Bonchev–Trinajstić information content (AvgIpc) is 2.66. The van der Waals surface area contributed by atoms with Gasteiger partial charge in [-0.05, 0) is 29.8 Å². The fraction of sp³-hybridized carbons (Fsp3) is 0.350. The molecule has 1 amide bonds. The topological polar surface area (TPSA) is 38.8 Å². The molecule has 1 heterocycles. The first-order chi connectivity index (χ1) is 13.0. The summed E-state index contributed by atoms with van der Waals surface area (Å²) in [6, 6.07) is 11.3. The molecular formula is C20H20Cl2FNO3. The minimum absolute atomic E-state index is 0.0101. The van der Waals surface area contributed by atoms with Gasteiger partial charge in [-0.15, -0.1) is 0 Å². The van der Waals surface area contributed by atoms with E-state index in [1.165, 1.54) is 12.1 Å². The molecular weight excluding hydrogens is 392 g/mol. The van der Waals surface area contributed by atoms with Crippen molar-refractivity contribution in [2.24, 2.45) is 0 Å². The number of carbonyl (C=O) groups excluding carboxylic acids is 1. The normalized spacial score (nSPS) is 17.1. The van der Waals surface area contributed by atoms with E-state index in [4.69, 9.17) is 32.7 Å². The van der Waals surface area contributed by atoms with Crippen molar-refractivity contribution in [1.29, 1.82) is 0 Å². The summed E-state index contributed by atoms with van der Waals surface area (Å²) >= 11 is 12.3. The van der Waals surface area contributed by atoms with E-state index in [0.29, 0.717) is 36.3 Å². The Morgan fingerprint density at radius 3 is 2.59 bits per heavy atom. The van der Waals surface area contributed by atoms with Crippen LogP contribution in [0, 0.1) is 5.82 Å². The molecule has 2 aromatic carbocycles. The van der Waals surface area contributed by atoms with Gasteiger partial charge in [-0.2, -0.15) is 0 Å². The Balaban J connectivity index is 1.48. The van der Waals surface area contributed by atoms with Gasteiger partial charge in [0.05, 0.1) is 32.3 Å². The summed E-state index contributed by atoms with van der Waals surface area (Å²) < 4.78 is 24.4. The second-order valence-electron chi connectivity index (χ2n) is 6.35. The molecule has 144 valence electrons. The van der Waals surface area contributed by atoms with Crippen LogP contribution in [0.2, 0.25) is 10.0 Å². The van der Waals surface area contributed by atoms with Crippen LogP contribution in [0.25, 0.3) is 0 Å². The monoisotopic (exact) mass is 411 g/mol. The van der Waals surface area contributed by atoms with Crippen LogP contribution in [0.5, 0.6) is 0 Å². The standard InChI is InChI=1S/C20H20Cl2FNO3/c21-18-2-1-3-19(22)17(18)13-26-12-16-11-24(8-9-27-16)20(25)10-14-4-6-15(23)7-5-14/h1-7,16H,8-13H2. The lowest BCUT2D eigenvalue weighted by molar-refractivity contribution is -0.140. The van der Waals surface area contributed by atoms with Crippen molar-refractivity contribution in [1.82, 2.24) is 4.90 Å². The van der Waals surface area contributed by atoms with E-state index in [1.807, 2.05) is 0 Å². The second kappa shape index (κ2) is 9.51. The number of rotatable bonds is 6. The predicted molar refractivity (Wildman–Crippen MR) is 103 cm³/mol. The van der Waals surface area contributed by atoms with Gasteiger partial charge < -0.3 is 14.4 Å². The molecule has 1 aliphatic heterocycles. The third-order valence-corrected chi connectivity index (χ3v) is 5.08. The zero-order valence-corrected chi connectivity index (χ0v) is 16.2. The highest BCUT2D eigenvalue weighted by Gasteiger charge is 2.24. The fourth-order valence-corrected chi connectivity index (χ4v) is 3.40. The number of amides is 1. The molecule has 27 heavy (non-hydrogen) atoms. The fourth-order valence-electron chi connectivity index (χ4n) is 2.90. The van der Waals surface area contributed by atoms with Gasteiger partial charge in [-0.3, -0.25) is 4.79 Å². The lowest BCUT2D eigenvalue weighted by atomic mass is 10.1. The summed E-state index contributed by atoms with van der Waals surface area (Å²) in [6.45, 7) is 2.06. The lowest BCUT2D eigenvalue weighted by Gasteiger charge is -2.33. The zero-order chi connectivity index (χ0) is 19.2. The first-order valence-corrected chi connectivity index (χ1v) is 9.43. The van der Waals surface area contributed by atoms with Crippen LogP contribution >= 0.6 is 23.2 Å². The smallest absolute Gasteiger partial charge is 0.227 e. The van der Waals surface area contributed by atoms with Crippen LogP contribution in [0.15, 0.2) is 42.5 Å². The van der Waals surface area contributed by atoms with Crippen molar-refractivity contribution in [3.8, 4) is 0 Å². The van der Waals surface area contributed by atoms with Crippen LogP contribution in [-0.4, -0.2) is 43.2 Å². The maximum atomic E-state index is 13.0. The molecule has 0 spiro atoms. The van der Waals surface area contributed by atoms with E-state index in [-0.39, 0.29) is 30.9 Å². The highest BCUT2D eigenvalue weighted by Crippen LogP contribution is 2.25. The molecule has 0 aromatic heterocycles. The number of ether oxygens (including phenoxy) is 2. The molecule has 1 saturated heterocycles. The molecule has 3 rings (SSSR count). The number of benzene rings is 2. The van der Waals surface area contributed by atoms with E-state index < -0.39 is 0 Å². The van der Waals surface area contributed by atoms with Gasteiger partial charge in [-0.25, -0.2) is 4.39 Å². The second-order valence-corrected chi connectivity index (χ2v) is 7.17. The number of carbonyl (C=O) groups is 1. The van der Waals surface area contributed by atoms with Crippen molar-refractivity contribution < 1.29 is 18.7 Å². The van der Waals surface area contributed by atoms with Crippen molar-refractivity contribution in [3.05, 3.63) is 69.5 Å². The number of nitrogens with zero attached hydrogens (tertiary/aromatic N) is 1. The van der Waals surface area contributed by atoms with Gasteiger partial charge in [0.15, 0.2) is 0 Å². The molecule has 0 N–H and O–H groups in total. The quantitative estimate of drug-likeness (QED) is 0.717. The molecule has 0 bridgehead atoms. The molecule has 0 aliphatic carbocycles. The number of halogens is 3. The molecule has 7 heteroatoms. The van der Waals surface area contributed by atoms with Crippen LogP contribution in [-0.2, 0) is 27.3 Å². The van der Waals surface area contributed by atoms with E-state index in [1.54, 1.807) is 35.2 Å². The van der Waals surface area contributed by atoms with Crippen molar-refractivity contribution in [2.45, 2.75) is 19.1 Å². The maximum absolute atomic E-state index is 13.0. The summed E-state index contributed by atoms with van der Waals surface area (Å²) in [5, 5.41) is 1.12. The van der Waals surface area contributed by atoms with Crippen molar-refractivity contribution in [2.75, 3.05) is 26.3 Å². The Kier molecular flexibility index (Phi) is 7.07. The van der Waals surface area contributed by atoms with E-state index in [9.17, 15) is 9.18 Å². The molecule has 4 nitrogen and oxygen atoms in total. The van der Waals surface area contributed by atoms with Gasteiger partial charge in [0.1, 0.15) is 5.82 Å². The van der Waals surface area contributed by atoms with E-state index in [0.717, 1.165) is 11.1 Å². The largest absolute Gasteiger partial charge is 0.374 e. The van der Waals surface area contributed by atoms with Crippen molar-refractivity contribution in [3.63, 3.8) is 0 Å². The van der Waals surface area contributed by atoms with Crippen LogP contribution in [0.4, 0.5) is 4.39 Å². The van der Waals surface area contributed by atoms with Crippen LogP contribution < -0.4 is 0 Å². The Bertz CT molecular complexity index is 765. The van der Waals surface area contributed by atoms with Gasteiger partial charge in [0.25, 0.3) is 0 Å². The number of hydrogen-bond acceptors (Lipinski definition) is 3. The van der Waals surface area contributed by atoms with Gasteiger partial charge >= 0.3 is 0 Å². The average molecular weight is 412 g/mol. The van der Waals surface area contributed by atoms with Crippen LogP contribution in [0.1, 0.15) is 11.1 Å². The molecule has 0 radical (unpaired) electrons. The van der Waals surface area contributed by atoms with Crippen molar-refractivity contribution >= 4 is 29.1 Å². The lowest BCUT2D eigenvalue weighted by Crippen LogP contribution is -2.47. The Morgan fingerprint density at radius 2 is 1.89 bits per heavy atom. The van der Waals surface area contributed by atoms with E-state index in [2.05, 4.69) is 0 Å². The summed E-state index contributed by atoms with van der Waals surface area (Å²) in [4.78, 5) is 14.2. The molecule has 2 aromatic rings. The van der Waals surface area contributed by atoms with E-state index >= 15 is 0 Å². The third kappa shape index (κ3) is 5.66.